The highest BCUT2D eigenvalue weighted by Crippen LogP contribution is 2.27. The first-order valence-corrected chi connectivity index (χ1v) is 6.15. The van der Waals surface area contributed by atoms with Gasteiger partial charge >= 0.3 is 0 Å². The molecule has 5 heteroatoms. The molecule has 1 rings (SSSR count). The fourth-order valence-corrected chi connectivity index (χ4v) is 1.91. The summed E-state index contributed by atoms with van der Waals surface area (Å²) in [6.45, 7) is 6.06. The van der Waals surface area contributed by atoms with E-state index in [4.69, 9.17) is 9.47 Å². The Hall–Kier alpha value is -0.970. The predicted molar refractivity (Wildman–Crippen MR) is 79.5 cm³/mol. The van der Waals surface area contributed by atoms with E-state index in [2.05, 4.69) is 19.2 Å². The van der Waals surface area contributed by atoms with Crippen molar-refractivity contribution in [2.75, 3.05) is 14.2 Å². The van der Waals surface area contributed by atoms with Gasteiger partial charge in [0.2, 0.25) is 0 Å². The van der Waals surface area contributed by atoms with Crippen LogP contribution < -0.4 is 14.8 Å². The van der Waals surface area contributed by atoms with Crippen LogP contribution in [0.25, 0.3) is 0 Å². The topological polar surface area (TPSA) is 50.7 Å². The quantitative estimate of drug-likeness (QED) is 0.845. The summed E-state index contributed by atoms with van der Waals surface area (Å²) < 4.78 is 10.4. The number of aliphatic hydroxyl groups excluding tert-OH is 1. The molecule has 0 amide bonds. The molecule has 0 fully saturated rings. The van der Waals surface area contributed by atoms with Crippen LogP contribution in [0, 0.1) is 0 Å². The van der Waals surface area contributed by atoms with Crippen molar-refractivity contribution >= 4 is 12.4 Å². The zero-order valence-corrected chi connectivity index (χ0v) is 13.0. The molecule has 0 saturated carbocycles. The minimum atomic E-state index is -0.601. The molecule has 2 unspecified atom stereocenters. The number of aliphatic hydroxyl groups is 1. The van der Waals surface area contributed by atoms with Crippen LogP contribution >= 0.6 is 12.4 Å². The third-order valence-corrected chi connectivity index (χ3v) is 2.79. The summed E-state index contributed by atoms with van der Waals surface area (Å²) in [5, 5.41) is 13.6. The average molecular weight is 290 g/mol. The second kappa shape index (κ2) is 8.25. The van der Waals surface area contributed by atoms with E-state index in [1.165, 1.54) is 0 Å². The number of ether oxygens (including phenoxy) is 2. The highest BCUT2D eigenvalue weighted by Gasteiger charge is 2.18. The van der Waals surface area contributed by atoms with Gasteiger partial charge in [-0.05, 0) is 24.6 Å². The molecule has 0 radical (unpaired) electrons. The van der Waals surface area contributed by atoms with Gasteiger partial charge in [0.25, 0.3) is 0 Å². The fraction of sp³-hybridized carbons (Fsp3) is 0.571. The smallest absolute Gasteiger partial charge is 0.122 e. The number of hydrogen-bond donors (Lipinski definition) is 2. The van der Waals surface area contributed by atoms with Gasteiger partial charge in [-0.1, -0.05) is 13.8 Å². The zero-order valence-electron chi connectivity index (χ0n) is 12.1. The van der Waals surface area contributed by atoms with E-state index >= 15 is 0 Å². The molecule has 0 bridgehead atoms. The molecule has 1 aromatic rings. The maximum absolute atomic E-state index is 10.3. The minimum Gasteiger partial charge on any atom is -0.497 e. The summed E-state index contributed by atoms with van der Waals surface area (Å²) >= 11 is 0. The van der Waals surface area contributed by atoms with E-state index in [1.807, 2.05) is 19.1 Å². The third-order valence-electron chi connectivity index (χ3n) is 2.79. The minimum absolute atomic E-state index is 0. The van der Waals surface area contributed by atoms with Crippen molar-refractivity contribution in [1.29, 1.82) is 0 Å². The SMILES string of the molecule is COc1cc(OC)cc(C(O)C(C)NC(C)C)c1.Cl. The monoisotopic (exact) mass is 289 g/mol. The Kier molecular flexibility index (Phi) is 7.83. The van der Waals surface area contributed by atoms with Crippen LogP contribution in [0.2, 0.25) is 0 Å². The van der Waals surface area contributed by atoms with Crippen molar-refractivity contribution in [2.45, 2.75) is 39.0 Å². The standard InChI is InChI=1S/C14H23NO3.ClH/c1-9(2)15-10(3)14(16)11-6-12(17-4)8-13(7-11)18-5;/h6-10,14-16H,1-5H3;1H. The molecule has 0 aromatic heterocycles. The van der Waals surface area contributed by atoms with Crippen molar-refractivity contribution < 1.29 is 14.6 Å². The Morgan fingerprint density at radius 2 is 1.47 bits per heavy atom. The molecule has 19 heavy (non-hydrogen) atoms. The van der Waals surface area contributed by atoms with Gasteiger partial charge in [0.1, 0.15) is 11.5 Å². The zero-order chi connectivity index (χ0) is 13.7. The lowest BCUT2D eigenvalue weighted by molar-refractivity contribution is 0.131. The maximum Gasteiger partial charge on any atom is 0.122 e. The highest BCUT2D eigenvalue weighted by atomic mass is 35.5. The first-order chi connectivity index (χ1) is 8.47. The molecule has 4 nitrogen and oxygen atoms in total. The van der Waals surface area contributed by atoms with Crippen LogP contribution in [0.4, 0.5) is 0 Å². The third kappa shape index (κ3) is 5.27. The molecule has 2 atom stereocenters. The Morgan fingerprint density at radius 1 is 1.00 bits per heavy atom. The molecule has 0 spiro atoms. The maximum atomic E-state index is 10.3. The second-order valence-electron chi connectivity index (χ2n) is 4.70. The summed E-state index contributed by atoms with van der Waals surface area (Å²) in [5.41, 5.74) is 0.784. The number of rotatable bonds is 6. The normalized spacial score (nSPS) is 13.6. The van der Waals surface area contributed by atoms with Gasteiger partial charge in [-0.15, -0.1) is 12.4 Å². The van der Waals surface area contributed by atoms with Gasteiger partial charge in [-0.25, -0.2) is 0 Å². The molecular formula is C14H24ClNO3. The lowest BCUT2D eigenvalue weighted by Gasteiger charge is -2.23. The molecule has 0 saturated heterocycles. The van der Waals surface area contributed by atoms with Crippen LogP contribution in [0.5, 0.6) is 11.5 Å². The van der Waals surface area contributed by atoms with Crippen LogP contribution in [0.1, 0.15) is 32.4 Å². The Morgan fingerprint density at radius 3 is 1.84 bits per heavy atom. The van der Waals surface area contributed by atoms with Crippen molar-refractivity contribution in [3.63, 3.8) is 0 Å². The molecule has 0 heterocycles. The van der Waals surface area contributed by atoms with Crippen LogP contribution in [0.3, 0.4) is 0 Å². The largest absolute Gasteiger partial charge is 0.497 e. The van der Waals surface area contributed by atoms with E-state index < -0.39 is 6.10 Å². The average Bonchev–Trinajstić information content (AvgIpc) is 2.36. The number of hydrogen-bond acceptors (Lipinski definition) is 4. The van der Waals surface area contributed by atoms with Crippen LogP contribution in [-0.4, -0.2) is 31.4 Å². The molecule has 2 N–H and O–H groups in total. The fourth-order valence-electron chi connectivity index (χ4n) is 1.91. The highest BCUT2D eigenvalue weighted by molar-refractivity contribution is 5.85. The van der Waals surface area contributed by atoms with E-state index in [9.17, 15) is 5.11 Å². The number of nitrogens with one attached hydrogen (secondary N) is 1. The van der Waals surface area contributed by atoms with Gasteiger partial charge in [0, 0.05) is 18.2 Å². The van der Waals surface area contributed by atoms with Crippen molar-refractivity contribution in [3.05, 3.63) is 23.8 Å². The summed E-state index contributed by atoms with van der Waals surface area (Å²) in [6.07, 6.45) is -0.601. The van der Waals surface area contributed by atoms with Crippen LogP contribution in [-0.2, 0) is 0 Å². The first-order valence-electron chi connectivity index (χ1n) is 6.15. The Labute approximate surface area is 121 Å². The molecule has 0 aliphatic carbocycles. The summed E-state index contributed by atoms with van der Waals surface area (Å²) in [5.74, 6) is 1.36. The lowest BCUT2D eigenvalue weighted by Crippen LogP contribution is -2.36. The van der Waals surface area contributed by atoms with E-state index in [1.54, 1.807) is 20.3 Å². The molecule has 110 valence electrons. The van der Waals surface area contributed by atoms with Gasteiger partial charge in [-0.2, -0.15) is 0 Å². The molecule has 0 aliphatic rings. The van der Waals surface area contributed by atoms with Gasteiger partial charge in [-0.3, -0.25) is 0 Å². The van der Waals surface area contributed by atoms with Crippen molar-refractivity contribution in [3.8, 4) is 11.5 Å². The van der Waals surface area contributed by atoms with Crippen molar-refractivity contribution in [2.24, 2.45) is 0 Å². The first kappa shape index (κ1) is 18.0. The van der Waals surface area contributed by atoms with Gasteiger partial charge < -0.3 is 19.9 Å². The summed E-state index contributed by atoms with van der Waals surface area (Å²) in [7, 11) is 3.20. The van der Waals surface area contributed by atoms with Crippen molar-refractivity contribution in [1.82, 2.24) is 5.32 Å². The number of benzene rings is 1. The number of methoxy groups -OCH3 is 2. The van der Waals surface area contributed by atoms with E-state index in [0.29, 0.717) is 17.5 Å². The summed E-state index contributed by atoms with van der Waals surface area (Å²) in [4.78, 5) is 0. The Bertz CT molecular complexity index is 363. The Balaban J connectivity index is 0.00000324. The van der Waals surface area contributed by atoms with E-state index in [-0.39, 0.29) is 18.4 Å². The van der Waals surface area contributed by atoms with Gasteiger partial charge in [0.15, 0.2) is 0 Å². The molecule has 1 aromatic carbocycles. The van der Waals surface area contributed by atoms with Gasteiger partial charge in [0.05, 0.1) is 20.3 Å². The predicted octanol–water partition coefficient (Wildman–Crippen LogP) is 2.55. The molecular weight excluding hydrogens is 266 g/mol. The van der Waals surface area contributed by atoms with Crippen LogP contribution in [0.15, 0.2) is 18.2 Å². The number of halogens is 1. The second-order valence-corrected chi connectivity index (χ2v) is 4.70. The summed E-state index contributed by atoms with van der Waals surface area (Å²) in [6, 6.07) is 5.72. The lowest BCUT2D eigenvalue weighted by atomic mass is 10.0. The molecule has 0 aliphatic heterocycles. The van der Waals surface area contributed by atoms with E-state index in [0.717, 1.165) is 5.56 Å².